The Bertz CT molecular complexity index is 1130. The van der Waals surface area contributed by atoms with Gasteiger partial charge in [-0.25, -0.2) is 0 Å². The summed E-state index contributed by atoms with van der Waals surface area (Å²) in [6.07, 6.45) is 0. The first-order chi connectivity index (χ1) is 12.1. The summed E-state index contributed by atoms with van der Waals surface area (Å²) in [6, 6.07) is 17.8. The monoisotopic (exact) mass is 396 g/mol. The quantitative estimate of drug-likeness (QED) is 0.495. The molecule has 0 saturated heterocycles. The summed E-state index contributed by atoms with van der Waals surface area (Å²) in [5, 5.41) is 10.9. The van der Waals surface area contributed by atoms with Crippen molar-refractivity contribution in [1.29, 1.82) is 0 Å². The summed E-state index contributed by atoms with van der Waals surface area (Å²) in [7, 11) is 0. The van der Waals surface area contributed by atoms with Gasteiger partial charge in [0, 0.05) is 16.6 Å². The lowest BCUT2D eigenvalue weighted by Crippen LogP contribution is -2.03. The Morgan fingerprint density at radius 3 is 2.56 bits per heavy atom. The highest BCUT2D eigenvalue weighted by Gasteiger charge is 2.13. The number of halogens is 1. The molecule has 5 heteroatoms. The predicted octanol–water partition coefficient (Wildman–Crippen LogP) is 4.99. The Hall–Kier alpha value is -2.79. The number of hydrogen-bond donors (Lipinski definition) is 1. The van der Waals surface area contributed by atoms with Crippen molar-refractivity contribution < 1.29 is 14.3 Å². The molecule has 3 aromatic carbocycles. The van der Waals surface area contributed by atoms with E-state index in [1.54, 1.807) is 30.3 Å². The van der Waals surface area contributed by atoms with Crippen LogP contribution in [-0.4, -0.2) is 5.11 Å². The van der Waals surface area contributed by atoms with Gasteiger partial charge < -0.3 is 14.3 Å². The number of rotatable bonds is 3. The average Bonchev–Trinajstić information content (AvgIpc) is 2.61. The lowest BCUT2D eigenvalue weighted by atomic mass is 10.1. The van der Waals surface area contributed by atoms with Gasteiger partial charge >= 0.3 is 0 Å². The largest absolute Gasteiger partial charge is 0.507 e. The third-order valence-electron chi connectivity index (χ3n) is 3.95. The number of phenolic OH excluding ortho intramolecular Hbond substituents is 1. The molecule has 4 nitrogen and oxygen atoms in total. The van der Waals surface area contributed by atoms with E-state index in [-0.39, 0.29) is 16.6 Å². The number of hydrogen-bond acceptors (Lipinski definition) is 4. The van der Waals surface area contributed by atoms with Gasteiger partial charge in [0.1, 0.15) is 34.7 Å². The number of para-hydroxylation sites is 1. The third-order valence-corrected chi connectivity index (χ3v) is 4.48. The Kier molecular flexibility index (Phi) is 3.93. The number of ether oxygens (including phenoxy) is 1. The van der Waals surface area contributed by atoms with Crippen molar-refractivity contribution in [3.63, 3.8) is 0 Å². The van der Waals surface area contributed by atoms with Crippen LogP contribution >= 0.6 is 15.9 Å². The Morgan fingerprint density at radius 1 is 1.00 bits per heavy atom. The summed E-state index contributed by atoms with van der Waals surface area (Å²) >= 11 is 3.39. The van der Waals surface area contributed by atoms with Crippen LogP contribution in [0.1, 0.15) is 5.56 Å². The first-order valence-corrected chi connectivity index (χ1v) is 8.47. The molecule has 0 fully saturated rings. The molecule has 0 saturated carbocycles. The molecule has 0 radical (unpaired) electrons. The molecule has 4 rings (SSSR count). The van der Waals surface area contributed by atoms with Gasteiger partial charge in [0.2, 0.25) is 5.43 Å². The molecule has 25 heavy (non-hydrogen) atoms. The lowest BCUT2D eigenvalue weighted by molar-refractivity contribution is 0.304. The summed E-state index contributed by atoms with van der Waals surface area (Å²) in [6.45, 7) is 0.343. The van der Waals surface area contributed by atoms with Crippen LogP contribution < -0.4 is 10.2 Å². The molecular weight excluding hydrogens is 384 g/mol. The number of fused-ring (bicyclic) bond motifs is 2. The molecule has 0 aliphatic rings. The standard InChI is InChI=1S/C20H13BrO4/c21-13-7-5-12(6-8-13)11-24-14-9-16(22)19-18(10-14)25-17-4-2-1-3-15(17)20(19)23/h1-10,22H,11H2. The summed E-state index contributed by atoms with van der Waals surface area (Å²) in [4.78, 5) is 12.6. The van der Waals surface area contributed by atoms with E-state index in [0.29, 0.717) is 28.9 Å². The molecule has 1 N–H and O–H groups in total. The van der Waals surface area contributed by atoms with Crippen molar-refractivity contribution in [2.24, 2.45) is 0 Å². The van der Waals surface area contributed by atoms with E-state index in [9.17, 15) is 9.90 Å². The van der Waals surface area contributed by atoms with Gasteiger partial charge in [-0.3, -0.25) is 4.79 Å². The second-order valence-corrected chi connectivity index (χ2v) is 6.57. The van der Waals surface area contributed by atoms with Crippen LogP contribution in [-0.2, 0) is 6.61 Å². The minimum Gasteiger partial charge on any atom is -0.507 e. The molecule has 0 unspecified atom stereocenters. The summed E-state index contributed by atoms with van der Waals surface area (Å²) < 4.78 is 12.5. The lowest BCUT2D eigenvalue weighted by Gasteiger charge is -2.09. The van der Waals surface area contributed by atoms with Crippen molar-refractivity contribution in [2.75, 3.05) is 0 Å². The molecule has 0 amide bonds. The molecule has 0 atom stereocenters. The molecule has 0 bridgehead atoms. The highest BCUT2D eigenvalue weighted by atomic mass is 79.9. The molecule has 124 valence electrons. The first kappa shape index (κ1) is 15.7. The smallest absolute Gasteiger partial charge is 0.204 e. The Labute approximate surface area is 151 Å². The zero-order valence-corrected chi connectivity index (χ0v) is 14.6. The van der Waals surface area contributed by atoms with Crippen molar-refractivity contribution in [3.8, 4) is 11.5 Å². The second-order valence-electron chi connectivity index (χ2n) is 5.66. The predicted molar refractivity (Wildman–Crippen MR) is 100 cm³/mol. The van der Waals surface area contributed by atoms with E-state index in [2.05, 4.69) is 15.9 Å². The van der Waals surface area contributed by atoms with Crippen molar-refractivity contribution in [2.45, 2.75) is 6.61 Å². The summed E-state index contributed by atoms with van der Waals surface area (Å²) in [5.41, 5.74) is 1.51. The van der Waals surface area contributed by atoms with Gasteiger partial charge in [0.15, 0.2) is 0 Å². The maximum Gasteiger partial charge on any atom is 0.204 e. The van der Waals surface area contributed by atoms with E-state index in [4.69, 9.17) is 9.15 Å². The minimum atomic E-state index is -0.256. The van der Waals surface area contributed by atoms with Gasteiger partial charge in [0.25, 0.3) is 0 Å². The zero-order chi connectivity index (χ0) is 17.4. The van der Waals surface area contributed by atoms with Crippen molar-refractivity contribution in [3.05, 3.63) is 80.9 Å². The number of benzene rings is 3. The Balaban J connectivity index is 1.74. The highest BCUT2D eigenvalue weighted by Crippen LogP contribution is 2.30. The second kappa shape index (κ2) is 6.26. The first-order valence-electron chi connectivity index (χ1n) is 7.67. The number of aromatic hydroxyl groups is 1. The van der Waals surface area contributed by atoms with Crippen LogP contribution in [0, 0.1) is 0 Å². The fraction of sp³-hybridized carbons (Fsp3) is 0.0500. The van der Waals surface area contributed by atoms with Crippen LogP contribution in [0.15, 0.2) is 74.3 Å². The van der Waals surface area contributed by atoms with Crippen LogP contribution in [0.3, 0.4) is 0 Å². The van der Waals surface area contributed by atoms with E-state index in [0.717, 1.165) is 10.0 Å². The molecule has 4 aromatic rings. The normalized spacial score (nSPS) is 11.1. The van der Waals surface area contributed by atoms with E-state index in [1.807, 2.05) is 24.3 Å². The van der Waals surface area contributed by atoms with Crippen LogP contribution in [0.5, 0.6) is 11.5 Å². The molecular formula is C20H13BrO4. The van der Waals surface area contributed by atoms with Gasteiger partial charge in [-0.15, -0.1) is 0 Å². The number of phenols is 1. The SMILES string of the molecule is O=c1c2ccccc2oc2cc(OCc3ccc(Br)cc3)cc(O)c12. The van der Waals surface area contributed by atoms with E-state index < -0.39 is 0 Å². The molecule has 1 heterocycles. The molecule has 1 aromatic heterocycles. The maximum atomic E-state index is 12.6. The van der Waals surface area contributed by atoms with Gasteiger partial charge in [-0.2, -0.15) is 0 Å². The van der Waals surface area contributed by atoms with Crippen LogP contribution in [0.2, 0.25) is 0 Å². The van der Waals surface area contributed by atoms with Gasteiger partial charge in [-0.05, 0) is 29.8 Å². The van der Waals surface area contributed by atoms with Crippen molar-refractivity contribution in [1.82, 2.24) is 0 Å². The van der Waals surface area contributed by atoms with E-state index in [1.165, 1.54) is 6.07 Å². The minimum absolute atomic E-state index is 0.150. The summed E-state index contributed by atoms with van der Waals surface area (Å²) in [5.74, 6) is 0.286. The molecule has 0 aliphatic heterocycles. The average molecular weight is 397 g/mol. The van der Waals surface area contributed by atoms with Gasteiger partial charge in [0.05, 0.1) is 5.39 Å². The van der Waals surface area contributed by atoms with Crippen LogP contribution in [0.4, 0.5) is 0 Å². The molecule has 0 spiro atoms. The Morgan fingerprint density at radius 2 is 1.76 bits per heavy atom. The molecule has 0 aliphatic carbocycles. The van der Waals surface area contributed by atoms with Crippen LogP contribution in [0.25, 0.3) is 21.9 Å². The fourth-order valence-electron chi connectivity index (χ4n) is 2.71. The zero-order valence-electron chi connectivity index (χ0n) is 13.0. The highest BCUT2D eigenvalue weighted by molar-refractivity contribution is 9.10. The fourth-order valence-corrected chi connectivity index (χ4v) is 2.98. The van der Waals surface area contributed by atoms with Crippen molar-refractivity contribution >= 4 is 37.9 Å². The van der Waals surface area contributed by atoms with E-state index >= 15 is 0 Å². The third kappa shape index (κ3) is 2.98. The topological polar surface area (TPSA) is 59.7 Å². The maximum absolute atomic E-state index is 12.6. The van der Waals surface area contributed by atoms with Gasteiger partial charge in [-0.1, -0.05) is 40.2 Å².